The number of carbonyl (C=O) groups excluding carboxylic acids is 3. The number of aromatic nitrogens is 2. The predicted molar refractivity (Wildman–Crippen MR) is 176 cm³/mol. The summed E-state index contributed by atoms with van der Waals surface area (Å²) in [6.45, 7) is 6.52. The van der Waals surface area contributed by atoms with Crippen LogP contribution in [0.4, 0.5) is 4.79 Å². The first kappa shape index (κ1) is 33.2. The van der Waals surface area contributed by atoms with E-state index in [1.807, 2.05) is 90.9 Å². The highest BCUT2D eigenvalue weighted by molar-refractivity contribution is 5.98. The summed E-state index contributed by atoms with van der Waals surface area (Å²) in [5.41, 5.74) is 0.876. The first-order valence-electron chi connectivity index (χ1n) is 16.2. The molecule has 3 amide bonds. The van der Waals surface area contributed by atoms with E-state index in [1.54, 1.807) is 25.3 Å². The summed E-state index contributed by atoms with van der Waals surface area (Å²) in [6, 6.07) is 18.8. The van der Waals surface area contributed by atoms with Crippen LogP contribution in [0.5, 0.6) is 0 Å². The van der Waals surface area contributed by atoms with E-state index in [1.165, 1.54) is 4.90 Å². The second kappa shape index (κ2) is 13.7. The molecule has 3 aromatic rings. The molecule has 2 aromatic carbocycles. The molecule has 0 bridgehead atoms. The maximum absolute atomic E-state index is 14.6. The van der Waals surface area contributed by atoms with Gasteiger partial charge in [0.15, 0.2) is 5.69 Å². The molecule has 0 spiro atoms. The van der Waals surface area contributed by atoms with Crippen LogP contribution in [0.1, 0.15) is 75.0 Å². The molecule has 3 atom stereocenters. The third-order valence-corrected chi connectivity index (χ3v) is 9.00. The molecule has 46 heavy (non-hydrogen) atoms. The number of imidazole rings is 1. The van der Waals surface area contributed by atoms with Crippen molar-refractivity contribution in [1.82, 2.24) is 24.3 Å². The van der Waals surface area contributed by atoms with Gasteiger partial charge in [0.2, 0.25) is 5.91 Å². The zero-order valence-corrected chi connectivity index (χ0v) is 27.7. The van der Waals surface area contributed by atoms with Crippen LogP contribution in [0.15, 0.2) is 67.0 Å². The number of ether oxygens (including phenoxy) is 1. The van der Waals surface area contributed by atoms with Crippen LogP contribution in [0, 0.1) is 0 Å². The lowest BCUT2D eigenvalue weighted by Crippen LogP contribution is -2.58. The fourth-order valence-corrected chi connectivity index (χ4v) is 6.68. The monoisotopic (exact) mass is 629 g/mol. The Labute approximate surface area is 272 Å². The second-order valence-electron chi connectivity index (χ2n) is 13.8. The van der Waals surface area contributed by atoms with Crippen LogP contribution < -0.4 is 0 Å². The minimum Gasteiger partial charge on any atom is -0.444 e. The van der Waals surface area contributed by atoms with Crippen molar-refractivity contribution in [2.75, 3.05) is 33.7 Å². The summed E-state index contributed by atoms with van der Waals surface area (Å²) >= 11 is 0. The van der Waals surface area contributed by atoms with Gasteiger partial charge in [-0.25, -0.2) is 9.78 Å². The average Bonchev–Trinajstić information content (AvgIpc) is 3.45. The number of benzene rings is 2. The molecule has 1 saturated carbocycles. The summed E-state index contributed by atoms with van der Waals surface area (Å²) in [5, 5.41) is 12.0. The van der Waals surface area contributed by atoms with Crippen LogP contribution in [-0.4, -0.2) is 98.2 Å². The Morgan fingerprint density at radius 3 is 2.33 bits per heavy atom. The molecule has 2 fully saturated rings. The summed E-state index contributed by atoms with van der Waals surface area (Å²) in [5.74, 6) is -0.371. The lowest BCUT2D eigenvalue weighted by atomic mass is 9.77. The van der Waals surface area contributed by atoms with Crippen molar-refractivity contribution in [3.05, 3.63) is 78.2 Å². The Balaban J connectivity index is 1.52. The fraction of sp³-hybridized carbons (Fsp3) is 0.500. The molecular weight excluding hydrogens is 582 g/mol. The van der Waals surface area contributed by atoms with Crippen molar-refractivity contribution in [2.24, 2.45) is 0 Å². The standard InChI is InChI=1S/C36H47N5O5/c1-35(2,3)46-34(44)39-20-21-40(28(24-39)22-26-14-8-6-9-15-26)33(43)31-32(27-16-10-7-11-17-27)41(25-37-31)29-18-12-13-19-36(29,45)23-30(42)38(4)5/h6-11,14-17,25,28-29,45H,12-13,18-24H2,1-5H3/t28-,29+,36?/m1/s1. The number of hydrogen-bond donors (Lipinski definition) is 1. The number of carbonyl (C=O) groups is 3. The molecule has 1 unspecified atom stereocenters. The van der Waals surface area contributed by atoms with Crippen molar-refractivity contribution in [1.29, 1.82) is 0 Å². The Morgan fingerprint density at radius 1 is 1.00 bits per heavy atom. The second-order valence-corrected chi connectivity index (χ2v) is 13.8. The maximum atomic E-state index is 14.6. The molecule has 10 heteroatoms. The van der Waals surface area contributed by atoms with E-state index in [4.69, 9.17) is 9.72 Å². The van der Waals surface area contributed by atoms with Gasteiger partial charge in [-0.2, -0.15) is 0 Å². The van der Waals surface area contributed by atoms with E-state index in [0.29, 0.717) is 50.3 Å². The van der Waals surface area contributed by atoms with E-state index in [-0.39, 0.29) is 24.3 Å². The summed E-state index contributed by atoms with van der Waals surface area (Å²) in [7, 11) is 3.39. The Bertz CT molecular complexity index is 1520. The number of hydrogen-bond acceptors (Lipinski definition) is 6. The van der Waals surface area contributed by atoms with E-state index >= 15 is 0 Å². The molecule has 1 aromatic heterocycles. The van der Waals surface area contributed by atoms with Gasteiger partial charge >= 0.3 is 6.09 Å². The van der Waals surface area contributed by atoms with Crippen LogP contribution in [0.3, 0.4) is 0 Å². The van der Waals surface area contributed by atoms with Gasteiger partial charge in [0, 0.05) is 39.3 Å². The Kier molecular flexibility index (Phi) is 9.86. The van der Waals surface area contributed by atoms with Gasteiger partial charge in [-0.1, -0.05) is 73.5 Å². The van der Waals surface area contributed by atoms with Crippen molar-refractivity contribution >= 4 is 17.9 Å². The maximum Gasteiger partial charge on any atom is 0.410 e. The number of piperazine rings is 1. The molecule has 2 heterocycles. The van der Waals surface area contributed by atoms with Crippen LogP contribution >= 0.6 is 0 Å². The summed E-state index contributed by atoms with van der Waals surface area (Å²) < 4.78 is 7.61. The molecule has 0 radical (unpaired) electrons. The average molecular weight is 630 g/mol. The molecule has 1 saturated heterocycles. The molecule has 2 aliphatic rings. The normalized spacial score (nSPS) is 22.0. The Morgan fingerprint density at radius 2 is 1.67 bits per heavy atom. The third kappa shape index (κ3) is 7.44. The van der Waals surface area contributed by atoms with Crippen molar-refractivity contribution in [2.45, 2.75) is 82.6 Å². The zero-order valence-electron chi connectivity index (χ0n) is 27.7. The van der Waals surface area contributed by atoms with Crippen molar-refractivity contribution in [3.63, 3.8) is 0 Å². The lowest BCUT2D eigenvalue weighted by Gasteiger charge is -2.42. The van der Waals surface area contributed by atoms with Crippen molar-refractivity contribution in [3.8, 4) is 11.3 Å². The number of rotatable bonds is 7. The smallest absolute Gasteiger partial charge is 0.410 e. The van der Waals surface area contributed by atoms with Gasteiger partial charge in [-0.3, -0.25) is 9.59 Å². The van der Waals surface area contributed by atoms with E-state index in [9.17, 15) is 19.5 Å². The molecule has 5 rings (SSSR count). The van der Waals surface area contributed by atoms with Gasteiger partial charge in [0.1, 0.15) is 5.60 Å². The predicted octanol–water partition coefficient (Wildman–Crippen LogP) is 5.18. The minimum absolute atomic E-state index is 0.00781. The first-order chi connectivity index (χ1) is 21.9. The molecule has 10 nitrogen and oxygen atoms in total. The number of nitrogens with zero attached hydrogens (tertiary/aromatic N) is 5. The van der Waals surface area contributed by atoms with Gasteiger partial charge in [-0.15, -0.1) is 0 Å². The first-order valence-corrected chi connectivity index (χ1v) is 16.2. The molecule has 1 N–H and O–H groups in total. The number of aliphatic hydroxyl groups is 1. The zero-order chi connectivity index (χ0) is 33.1. The van der Waals surface area contributed by atoms with E-state index in [0.717, 1.165) is 24.0 Å². The SMILES string of the molecule is CN(C)C(=O)CC1(O)CCCC[C@@H]1n1cnc(C(=O)N2CCN(C(=O)OC(C)(C)C)C[C@H]2Cc2ccccc2)c1-c1ccccc1. The molecule has 1 aliphatic heterocycles. The summed E-state index contributed by atoms with van der Waals surface area (Å²) in [6.07, 6.45) is 4.66. The van der Waals surface area contributed by atoms with E-state index in [2.05, 4.69) is 0 Å². The number of amides is 3. The highest BCUT2D eigenvalue weighted by Crippen LogP contribution is 2.43. The van der Waals surface area contributed by atoms with E-state index < -0.39 is 23.3 Å². The van der Waals surface area contributed by atoms with Crippen molar-refractivity contribution < 1.29 is 24.2 Å². The Hall–Kier alpha value is -4.18. The van der Waals surface area contributed by atoms with Crippen LogP contribution in [0.25, 0.3) is 11.3 Å². The fourth-order valence-electron chi connectivity index (χ4n) is 6.68. The lowest BCUT2D eigenvalue weighted by molar-refractivity contribution is -0.138. The molecule has 246 valence electrons. The van der Waals surface area contributed by atoms with Gasteiger partial charge in [-0.05, 0) is 45.6 Å². The third-order valence-electron chi connectivity index (χ3n) is 9.00. The van der Waals surface area contributed by atoms with Gasteiger partial charge in [0.05, 0.1) is 36.1 Å². The minimum atomic E-state index is -1.28. The molecule has 1 aliphatic carbocycles. The van der Waals surface area contributed by atoms with Crippen LogP contribution in [-0.2, 0) is 16.0 Å². The van der Waals surface area contributed by atoms with Gasteiger partial charge in [0.25, 0.3) is 5.91 Å². The quantitative estimate of drug-likeness (QED) is 0.386. The van der Waals surface area contributed by atoms with Gasteiger partial charge < -0.3 is 29.1 Å². The largest absolute Gasteiger partial charge is 0.444 e. The van der Waals surface area contributed by atoms with Crippen LogP contribution in [0.2, 0.25) is 0 Å². The highest BCUT2D eigenvalue weighted by atomic mass is 16.6. The topological polar surface area (TPSA) is 108 Å². The molecular formula is C36H47N5O5. The summed E-state index contributed by atoms with van der Waals surface area (Å²) in [4.78, 5) is 50.3. The highest BCUT2D eigenvalue weighted by Gasteiger charge is 2.44.